The highest BCUT2D eigenvalue weighted by atomic mass is 79.9. The summed E-state index contributed by atoms with van der Waals surface area (Å²) in [4.78, 5) is 2.05. The first-order valence-electron chi connectivity index (χ1n) is 5.98. The minimum atomic E-state index is -3.41. The number of halogens is 1. The van der Waals surface area contributed by atoms with E-state index in [-0.39, 0.29) is 0 Å². The minimum absolute atomic E-state index is 0.322. The van der Waals surface area contributed by atoms with Gasteiger partial charge in [0.25, 0.3) is 0 Å². The van der Waals surface area contributed by atoms with Crippen LogP contribution < -0.4 is 10.0 Å². The van der Waals surface area contributed by atoms with Crippen molar-refractivity contribution in [2.45, 2.75) is 17.2 Å². The standard InChI is InChI=1S/C12H15BrN2O2S3/c1-14-7-6-9-3-5-12(19-9)20(16,17)15-8-10-2-4-11(13)18-10/h2-5,14-15H,6-8H2,1H3. The van der Waals surface area contributed by atoms with E-state index in [9.17, 15) is 8.42 Å². The Bertz CT molecular complexity index is 664. The molecule has 0 atom stereocenters. The third-order valence-electron chi connectivity index (χ3n) is 2.59. The van der Waals surface area contributed by atoms with E-state index in [1.165, 1.54) is 22.7 Å². The molecule has 0 bridgehead atoms. The van der Waals surface area contributed by atoms with Gasteiger partial charge in [-0.05, 0) is 60.2 Å². The topological polar surface area (TPSA) is 58.2 Å². The molecule has 0 aliphatic heterocycles. The fourth-order valence-electron chi connectivity index (χ4n) is 1.57. The van der Waals surface area contributed by atoms with Crippen LogP contribution in [0.2, 0.25) is 0 Å². The molecule has 0 aromatic carbocycles. The van der Waals surface area contributed by atoms with Crippen LogP contribution in [0.25, 0.3) is 0 Å². The fourth-order valence-corrected chi connectivity index (χ4v) is 5.49. The van der Waals surface area contributed by atoms with Crippen molar-refractivity contribution in [3.8, 4) is 0 Å². The first-order valence-corrected chi connectivity index (χ1v) is 9.89. The predicted molar refractivity (Wildman–Crippen MR) is 88.0 cm³/mol. The second kappa shape index (κ2) is 7.15. The molecule has 0 fully saturated rings. The zero-order chi connectivity index (χ0) is 14.6. The third-order valence-corrected chi connectivity index (χ3v) is 7.25. The lowest BCUT2D eigenvalue weighted by Gasteiger charge is -2.02. The summed E-state index contributed by atoms with van der Waals surface area (Å²) in [6.45, 7) is 1.17. The Morgan fingerprint density at radius 3 is 2.55 bits per heavy atom. The van der Waals surface area contributed by atoms with Crippen LogP contribution in [-0.4, -0.2) is 22.0 Å². The van der Waals surface area contributed by atoms with Gasteiger partial charge in [0.05, 0.1) is 3.79 Å². The lowest BCUT2D eigenvalue weighted by molar-refractivity contribution is 0.584. The lowest BCUT2D eigenvalue weighted by atomic mass is 10.3. The first kappa shape index (κ1) is 16.1. The van der Waals surface area contributed by atoms with Crippen molar-refractivity contribution >= 4 is 48.6 Å². The molecule has 4 nitrogen and oxygen atoms in total. The summed E-state index contributed by atoms with van der Waals surface area (Å²) in [5, 5.41) is 3.05. The van der Waals surface area contributed by atoms with Gasteiger partial charge in [-0.2, -0.15) is 0 Å². The van der Waals surface area contributed by atoms with Crippen LogP contribution in [0.3, 0.4) is 0 Å². The van der Waals surface area contributed by atoms with E-state index in [1.54, 1.807) is 6.07 Å². The molecule has 0 spiro atoms. The maximum atomic E-state index is 12.2. The maximum absolute atomic E-state index is 12.2. The molecule has 0 unspecified atom stereocenters. The zero-order valence-corrected chi connectivity index (χ0v) is 14.9. The molecule has 2 N–H and O–H groups in total. The van der Waals surface area contributed by atoms with Crippen molar-refractivity contribution < 1.29 is 8.42 Å². The lowest BCUT2D eigenvalue weighted by Crippen LogP contribution is -2.21. The molecule has 0 saturated heterocycles. The summed E-state index contributed by atoms with van der Waals surface area (Å²) >= 11 is 6.21. The Morgan fingerprint density at radius 1 is 1.15 bits per heavy atom. The molecule has 0 amide bonds. The van der Waals surface area contributed by atoms with Crippen LogP contribution in [-0.2, 0) is 23.0 Å². The highest BCUT2D eigenvalue weighted by Crippen LogP contribution is 2.24. The Kier molecular flexibility index (Phi) is 5.76. The molecule has 2 heterocycles. The number of thiophene rings is 2. The van der Waals surface area contributed by atoms with Gasteiger partial charge in [-0.3, -0.25) is 0 Å². The highest BCUT2D eigenvalue weighted by molar-refractivity contribution is 9.11. The van der Waals surface area contributed by atoms with Gasteiger partial charge in [-0.1, -0.05) is 0 Å². The Hall–Kier alpha value is -0.250. The predicted octanol–water partition coefficient (Wildman–Crippen LogP) is 2.81. The molecule has 110 valence electrons. The van der Waals surface area contributed by atoms with Gasteiger partial charge in [-0.15, -0.1) is 22.7 Å². The largest absolute Gasteiger partial charge is 0.319 e. The van der Waals surface area contributed by atoms with E-state index in [0.29, 0.717) is 10.8 Å². The quantitative estimate of drug-likeness (QED) is 0.758. The molecular formula is C12H15BrN2O2S3. The molecular weight excluding hydrogens is 380 g/mol. The van der Waals surface area contributed by atoms with Gasteiger partial charge in [0.2, 0.25) is 10.0 Å². The molecule has 20 heavy (non-hydrogen) atoms. The summed E-state index contributed by atoms with van der Waals surface area (Å²) in [5.74, 6) is 0. The van der Waals surface area contributed by atoms with Crippen LogP contribution in [0.4, 0.5) is 0 Å². The molecule has 0 radical (unpaired) electrons. The average Bonchev–Trinajstić information content (AvgIpc) is 3.03. The fraction of sp³-hybridized carbons (Fsp3) is 0.333. The zero-order valence-electron chi connectivity index (χ0n) is 10.8. The normalized spacial score (nSPS) is 11.9. The van der Waals surface area contributed by atoms with Crippen molar-refractivity contribution in [3.63, 3.8) is 0 Å². The monoisotopic (exact) mass is 394 g/mol. The van der Waals surface area contributed by atoms with Crippen LogP contribution in [0.15, 0.2) is 32.3 Å². The molecule has 0 aliphatic rings. The van der Waals surface area contributed by atoms with Crippen LogP contribution in [0, 0.1) is 0 Å². The third kappa shape index (κ3) is 4.37. The van der Waals surface area contributed by atoms with E-state index in [0.717, 1.165) is 26.5 Å². The molecule has 0 aliphatic carbocycles. The van der Waals surface area contributed by atoms with E-state index in [1.807, 2.05) is 25.2 Å². The van der Waals surface area contributed by atoms with E-state index in [2.05, 4.69) is 26.0 Å². The second-order valence-corrected chi connectivity index (χ2v) is 9.81. The minimum Gasteiger partial charge on any atom is -0.319 e. The van der Waals surface area contributed by atoms with Crippen molar-refractivity contribution in [1.82, 2.24) is 10.0 Å². The molecule has 2 rings (SSSR count). The number of sulfonamides is 1. The average molecular weight is 395 g/mol. The number of likely N-dealkylation sites (N-methyl/N-ethyl adjacent to an activating group) is 1. The van der Waals surface area contributed by atoms with E-state index < -0.39 is 10.0 Å². The Labute approximate surface area is 135 Å². The highest BCUT2D eigenvalue weighted by Gasteiger charge is 2.16. The van der Waals surface area contributed by atoms with E-state index in [4.69, 9.17) is 0 Å². The van der Waals surface area contributed by atoms with Crippen LogP contribution in [0.1, 0.15) is 9.75 Å². The van der Waals surface area contributed by atoms with Crippen LogP contribution >= 0.6 is 38.6 Å². The smallest absolute Gasteiger partial charge is 0.250 e. The Balaban J connectivity index is 2.00. The first-order chi connectivity index (χ1) is 9.51. The van der Waals surface area contributed by atoms with Gasteiger partial charge in [0.15, 0.2) is 0 Å². The summed E-state index contributed by atoms with van der Waals surface area (Å²) in [7, 11) is -1.53. The number of hydrogen-bond donors (Lipinski definition) is 2. The van der Waals surface area contributed by atoms with Crippen molar-refractivity contribution in [3.05, 3.63) is 37.8 Å². The van der Waals surface area contributed by atoms with Crippen molar-refractivity contribution in [2.24, 2.45) is 0 Å². The second-order valence-electron chi connectivity index (χ2n) is 4.10. The van der Waals surface area contributed by atoms with Crippen LogP contribution in [0.5, 0.6) is 0 Å². The van der Waals surface area contributed by atoms with Gasteiger partial charge in [0.1, 0.15) is 4.21 Å². The summed E-state index contributed by atoms with van der Waals surface area (Å²) in [6.07, 6.45) is 0.842. The number of nitrogens with one attached hydrogen (secondary N) is 2. The van der Waals surface area contributed by atoms with Gasteiger partial charge in [-0.25, -0.2) is 13.1 Å². The summed E-state index contributed by atoms with van der Waals surface area (Å²) < 4.78 is 28.4. The van der Waals surface area contributed by atoms with Crippen molar-refractivity contribution in [2.75, 3.05) is 13.6 Å². The summed E-state index contributed by atoms with van der Waals surface area (Å²) in [5.41, 5.74) is 0. The molecule has 2 aromatic heterocycles. The Morgan fingerprint density at radius 2 is 1.90 bits per heavy atom. The number of rotatable bonds is 7. The van der Waals surface area contributed by atoms with Gasteiger partial charge >= 0.3 is 0 Å². The molecule has 0 saturated carbocycles. The summed E-state index contributed by atoms with van der Waals surface area (Å²) in [6, 6.07) is 7.36. The van der Waals surface area contributed by atoms with Crippen molar-refractivity contribution in [1.29, 1.82) is 0 Å². The van der Waals surface area contributed by atoms with Gasteiger partial charge in [0, 0.05) is 16.3 Å². The molecule has 2 aromatic rings. The maximum Gasteiger partial charge on any atom is 0.250 e. The molecule has 8 heteroatoms. The van der Waals surface area contributed by atoms with E-state index >= 15 is 0 Å². The number of hydrogen-bond acceptors (Lipinski definition) is 5. The SMILES string of the molecule is CNCCc1ccc(S(=O)(=O)NCc2ccc(Br)s2)s1. The van der Waals surface area contributed by atoms with Gasteiger partial charge < -0.3 is 5.32 Å².